The third-order valence-electron chi connectivity index (χ3n) is 6.23. The average Bonchev–Trinajstić information content (AvgIpc) is 2.73. The Bertz CT molecular complexity index is 953. The van der Waals surface area contributed by atoms with Gasteiger partial charge in [0.05, 0.1) is 13.0 Å². The minimum atomic E-state index is -1.46. The van der Waals surface area contributed by atoms with Crippen molar-refractivity contribution in [1.29, 1.82) is 0 Å². The predicted molar refractivity (Wildman–Crippen MR) is 139 cm³/mol. The van der Waals surface area contributed by atoms with E-state index in [1.807, 2.05) is 7.05 Å². The Balaban J connectivity index is 1.81. The largest absolute Gasteiger partial charge is 0.493 e. The number of esters is 2. The van der Waals surface area contributed by atoms with E-state index >= 15 is 0 Å². The minimum Gasteiger partial charge on any atom is -0.493 e. The lowest BCUT2D eigenvalue weighted by atomic mass is 9.62. The van der Waals surface area contributed by atoms with Crippen LogP contribution in [-0.4, -0.2) is 49.7 Å². The van der Waals surface area contributed by atoms with Gasteiger partial charge in [0.15, 0.2) is 0 Å². The molecule has 200 valence electrons. The van der Waals surface area contributed by atoms with Crippen molar-refractivity contribution in [3.8, 4) is 11.5 Å². The fourth-order valence-corrected chi connectivity index (χ4v) is 5.05. The molecule has 0 heterocycles. The number of ether oxygens (including phenoxy) is 3. The fourth-order valence-electron chi connectivity index (χ4n) is 5.05. The van der Waals surface area contributed by atoms with Crippen molar-refractivity contribution in [1.82, 2.24) is 10.6 Å². The summed E-state index contributed by atoms with van der Waals surface area (Å²) in [6.07, 6.45) is 3.28. The average molecular weight is 503 g/mol. The van der Waals surface area contributed by atoms with Crippen molar-refractivity contribution in [3.05, 3.63) is 36.4 Å². The van der Waals surface area contributed by atoms with Crippen molar-refractivity contribution in [2.24, 2.45) is 10.8 Å². The summed E-state index contributed by atoms with van der Waals surface area (Å²) in [4.78, 5) is 36.7. The predicted octanol–water partition coefficient (Wildman–Crippen LogP) is 4.18. The van der Waals surface area contributed by atoms with Gasteiger partial charge < -0.3 is 24.8 Å². The molecular weight excluding hydrogens is 460 g/mol. The van der Waals surface area contributed by atoms with E-state index in [-0.39, 0.29) is 47.1 Å². The summed E-state index contributed by atoms with van der Waals surface area (Å²) in [5.41, 5.74) is -0.944. The summed E-state index contributed by atoms with van der Waals surface area (Å²) in [7, 11) is 1.97. The molecule has 1 aromatic carbocycles. The van der Waals surface area contributed by atoms with Gasteiger partial charge >= 0.3 is 11.9 Å². The van der Waals surface area contributed by atoms with Crippen molar-refractivity contribution in [3.63, 3.8) is 0 Å². The Hall–Kier alpha value is -2.87. The second kappa shape index (κ2) is 11.9. The zero-order chi connectivity index (χ0) is 27.1. The first-order chi connectivity index (χ1) is 16.6. The van der Waals surface area contributed by atoms with Gasteiger partial charge in [0.2, 0.25) is 11.5 Å². The van der Waals surface area contributed by atoms with Crippen LogP contribution in [0.3, 0.4) is 0 Å². The Labute approximate surface area is 215 Å². The van der Waals surface area contributed by atoms with Gasteiger partial charge in [-0.15, -0.1) is 0 Å². The third kappa shape index (κ3) is 8.97. The number of hydrogen-bond donors (Lipinski definition) is 2. The van der Waals surface area contributed by atoms with Crippen LogP contribution in [-0.2, 0) is 19.1 Å². The number of rotatable bonds is 11. The van der Waals surface area contributed by atoms with Crippen molar-refractivity contribution >= 4 is 17.8 Å². The molecule has 2 unspecified atom stereocenters. The molecule has 1 aliphatic rings. The molecule has 8 nitrogen and oxygen atoms in total. The van der Waals surface area contributed by atoms with Crippen LogP contribution in [0, 0.1) is 10.8 Å². The summed E-state index contributed by atoms with van der Waals surface area (Å²) in [6, 6.07) is 6.61. The summed E-state index contributed by atoms with van der Waals surface area (Å²) in [5.74, 6) is -0.560. The van der Waals surface area contributed by atoms with Gasteiger partial charge in [-0.05, 0) is 82.2 Å². The van der Waals surface area contributed by atoms with Crippen LogP contribution in [0.1, 0.15) is 67.2 Å². The van der Waals surface area contributed by atoms with Crippen molar-refractivity contribution in [2.45, 2.75) is 78.9 Å². The lowest BCUT2D eigenvalue weighted by Gasteiger charge is -2.47. The molecule has 1 saturated carbocycles. The van der Waals surface area contributed by atoms with Crippen LogP contribution in [0.15, 0.2) is 36.4 Å². The van der Waals surface area contributed by atoms with Gasteiger partial charge in [-0.1, -0.05) is 27.4 Å². The zero-order valence-corrected chi connectivity index (χ0v) is 22.8. The maximum absolute atomic E-state index is 12.6. The Morgan fingerprint density at radius 1 is 1.08 bits per heavy atom. The van der Waals surface area contributed by atoms with E-state index < -0.39 is 17.5 Å². The topological polar surface area (TPSA) is 103 Å². The van der Waals surface area contributed by atoms with Crippen LogP contribution in [0.2, 0.25) is 0 Å². The number of hydrogen-bond acceptors (Lipinski definition) is 7. The second-order valence-corrected chi connectivity index (χ2v) is 11.5. The second-order valence-electron chi connectivity index (χ2n) is 11.5. The number of benzene rings is 1. The normalized spacial score (nSPS) is 21.2. The molecule has 2 atom stereocenters. The molecule has 1 fully saturated rings. The number of carbonyl (C=O) groups is 3. The third-order valence-corrected chi connectivity index (χ3v) is 6.23. The smallest absolute Gasteiger partial charge is 0.355 e. The Morgan fingerprint density at radius 2 is 1.69 bits per heavy atom. The highest BCUT2D eigenvalue weighted by molar-refractivity contribution is 5.91. The summed E-state index contributed by atoms with van der Waals surface area (Å²) >= 11 is 0. The van der Waals surface area contributed by atoms with Crippen LogP contribution in [0.25, 0.3) is 0 Å². The molecule has 0 bridgehead atoms. The van der Waals surface area contributed by atoms with Gasteiger partial charge in [0, 0.05) is 18.2 Å². The number of nitrogens with one attached hydrogen (secondary N) is 2. The van der Waals surface area contributed by atoms with E-state index in [1.165, 1.54) is 20.8 Å². The minimum absolute atomic E-state index is 0.0263. The van der Waals surface area contributed by atoms with Crippen molar-refractivity contribution < 1.29 is 28.6 Å². The number of carbonyl (C=O) groups excluding carboxylic acids is 3. The molecule has 2 N–H and O–H groups in total. The van der Waals surface area contributed by atoms with Gasteiger partial charge in [-0.25, -0.2) is 9.59 Å². The molecule has 36 heavy (non-hydrogen) atoms. The van der Waals surface area contributed by atoms with Crippen LogP contribution >= 0.6 is 0 Å². The first-order valence-electron chi connectivity index (χ1n) is 12.4. The summed E-state index contributed by atoms with van der Waals surface area (Å²) in [6.45, 7) is 15.9. The van der Waals surface area contributed by atoms with Crippen molar-refractivity contribution in [2.75, 3.05) is 20.2 Å². The molecular formula is C28H42N2O6. The highest BCUT2D eigenvalue weighted by atomic mass is 16.6. The molecule has 8 heteroatoms. The van der Waals surface area contributed by atoms with E-state index in [2.05, 4.69) is 38.0 Å². The monoisotopic (exact) mass is 502 g/mol. The molecule has 0 aromatic heterocycles. The maximum Gasteiger partial charge on any atom is 0.355 e. The van der Waals surface area contributed by atoms with E-state index in [4.69, 9.17) is 14.2 Å². The molecule has 0 aliphatic heterocycles. The molecule has 1 aromatic rings. The fraction of sp³-hybridized carbons (Fsp3) is 0.607. The Kier molecular flexibility index (Phi) is 9.71. The van der Waals surface area contributed by atoms with Gasteiger partial charge in [0.1, 0.15) is 11.5 Å². The van der Waals surface area contributed by atoms with Crippen LogP contribution in [0.4, 0.5) is 0 Å². The molecule has 1 amide bonds. The van der Waals surface area contributed by atoms with Gasteiger partial charge in [0.25, 0.3) is 0 Å². The van der Waals surface area contributed by atoms with Gasteiger partial charge in [-0.2, -0.15) is 0 Å². The van der Waals surface area contributed by atoms with E-state index in [9.17, 15) is 14.4 Å². The zero-order valence-electron chi connectivity index (χ0n) is 22.8. The molecule has 1 aliphatic carbocycles. The first-order valence-corrected chi connectivity index (χ1v) is 12.4. The van der Waals surface area contributed by atoms with E-state index in [0.717, 1.165) is 25.8 Å². The molecule has 0 saturated heterocycles. The maximum atomic E-state index is 12.6. The summed E-state index contributed by atoms with van der Waals surface area (Å²) in [5, 5.41) is 6.49. The summed E-state index contributed by atoms with van der Waals surface area (Å²) < 4.78 is 16.2. The van der Waals surface area contributed by atoms with E-state index in [0.29, 0.717) is 5.75 Å². The Morgan fingerprint density at radius 3 is 2.28 bits per heavy atom. The van der Waals surface area contributed by atoms with E-state index in [1.54, 1.807) is 24.3 Å². The van der Waals surface area contributed by atoms with Crippen LogP contribution < -0.4 is 20.1 Å². The SMILES string of the molecule is C=C(C)C(=O)OC(C)(C)C(=O)Oc1ccc(OCCC(=O)NC2CC(C)(C)CC(C)(CNC)C2)cc1. The quantitative estimate of drug-likeness (QED) is 0.266. The number of amides is 1. The highest BCUT2D eigenvalue weighted by Gasteiger charge is 2.41. The van der Waals surface area contributed by atoms with Gasteiger partial charge in [-0.3, -0.25) is 4.79 Å². The standard InChI is InChI=1S/C28H42N2O6/c1-19(2)24(32)36-27(5,6)25(33)35-22-11-9-21(10-12-22)34-14-13-23(31)30-20-15-26(3,4)17-28(7,16-20)18-29-8/h9-12,20,29H,1,13-18H2,2-8H3,(H,30,31). The lowest BCUT2D eigenvalue weighted by molar-refractivity contribution is -0.169. The molecule has 2 rings (SSSR count). The highest BCUT2D eigenvalue weighted by Crippen LogP contribution is 2.45. The molecule has 0 radical (unpaired) electrons. The van der Waals surface area contributed by atoms with Crippen LogP contribution in [0.5, 0.6) is 11.5 Å². The first kappa shape index (κ1) is 29.4. The molecule has 0 spiro atoms. The lowest BCUT2D eigenvalue weighted by Crippen LogP contribution is -2.49.